The Bertz CT molecular complexity index is 1010. The second kappa shape index (κ2) is 7.69. The van der Waals surface area contributed by atoms with Crippen LogP contribution in [0.1, 0.15) is 18.1 Å². The predicted molar refractivity (Wildman–Crippen MR) is 112 cm³/mol. The lowest BCUT2D eigenvalue weighted by Crippen LogP contribution is -2.25. The van der Waals surface area contributed by atoms with E-state index in [1.807, 2.05) is 60.7 Å². The number of benzene rings is 3. The van der Waals surface area contributed by atoms with Gasteiger partial charge in [-0.15, -0.1) is 0 Å². The van der Waals surface area contributed by atoms with Gasteiger partial charge in [-0.25, -0.2) is 0 Å². The molecule has 0 fully saturated rings. The van der Waals surface area contributed by atoms with Crippen molar-refractivity contribution in [3.8, 4) is 11.1 Å². The molecule has 0 saturated carbocycles. The number of carbonyl (C=O) groups excluding carboxylic acids is 2. The van der Waals surface area contributed by atoms with E-state index in [0.717, 1.165) is 40.0 Å². The molecular weight excluding hydrogens is 348 g/mol. The molecule has 1 heterocycles. The van der Waals surface area contributed by atoms with E-state index in [0.29, 0.717) is 13.0 Å². The molecular formula is C24H22N2O2. The first kappa shape index (κ1) is 18.0. The van der Waals surface area contributed by atoms with Crippen molar-refractivity contribution in [1.29, 1.82) is 0 Å². The predicted octanol–water partition coefficient (Wildman–Crippen LogP) is 4.44. The molecule has 2 amide bonds. The SMILES string of the molecule is CC(=O)N1CCc2ccc(NC(=O)Cc3ccc(-c4ccccc4)cc3)cc21. The summed E-state index contributed by atoms with van der Waals surface area (Å²) in [4.78, 5) is 26.0. The molecule has 140 valence electrons. The molecule has 0 aliphatic carbocycles. The average molecular weight is 370 g/mol. The normalized spacial score (nSPS) is 12.5. The van der Waals surface area contributed by atoms with Gasteiger partial charge in [0.05, 0.1) is 6.42 Å². The molecule has 1 aliphatic heterocycles. The Labute approximate surface area is 164 Å². The summed E-state index contributed by atoms with van der Waals surface area (Å²) in [5, 5.41) is 2.95. The minimum Gasteiger partial charge on any atom is -0.326 e. The van der Waals surface area contributed by atoms with Crippen LogP contribution in [-0.2, 0) is 22.4 Å². The van der Waals surface area contributed by atoms with Gasteiger partial charge < -0.3 is 10.2 Å². The maximum atomic E-state index is 12.5. The number of hydrogen-bond acceptors (Lipinski definition) is 2. The van der Waals surface area contributed by atoms with Gasteiger partial charge in [0, 0.05) is 24.8 Å². The van der Waals surface area contributed by atoms with Crippen molar-refractivity contribution < 1.29 is 9.59 Å². The van der Waals surface area contributed by atoms with Crippen molar-refractivity contribution in [3.05, 3.63) is 83.9 Å². The minimum absolute atomic E-state index is 0.0285. The highest BCUT2D eigenvalue weighted by Crippen LogP contribution is 2.31. The fourth-order valence-corrected chi connectivity index (χ4v) is 3.62. The van der Waals surface area contributed by atoms with Crippen molar-refractivity contribution in [2.45, 2.75) is 19.8 Å². The Balaban J connectivity index is 1.42. The van der Waals surface area contributed by atoms with Crippen LogP contribution in [0.4, 0.5) is 11.4 Å². The van der Waals surface area contributed by atoms with Gasteiger partial charge >= 0.3 is 0 Å². The van der Waals surface area contributed by atoms with E-state index in [9.17, 15) is 9.59 Å². The van der Waals surface area contributed by atoms with E-state index in [2.05, 4.69) is 17.4 Å². The van der Waals surface area contributed by atoms with E-state index >= 15 is 0 Å². The van der Waals surface area contributed by atoms with E-state index in [4.69, 9.17) is 0 Å². The Kier molecular flexibility index (Phi) is 4.94. The van der Waals surface area contributed by atoms with E-state index < -0.39 is 0 Å². The van der Waals surface area contributed by atoms with Crippen molar-refractivity contribution in [2.24, 2.45) is 0 Å². The second-order valence-corrected chi connectivity index (χ2v) is 7.05. The quantitative estimate of drug-likeness (QED) is 0.738. The van der Waals surface area contributed by atoms with Crippen LogP contribution in [0.15, 0.2) is 72.8 Å². The smallest absolute Gasteiger partial charge is 0.228 e. The summed E-state index contributed by atoms with van der Waals surface area (Å²) in [6.45, 7) is 2.27. The van der Waals surface area contributed by atoms with Crippen LogP contribution in [0.3, 0.4) is 0 Å². The van der Waals surface area contributed by atoms with Crippen LogP contribution in [0.5, 0.6) is 0 Å². The van der Waals surface area contributed by atoms with Crippen LogP contribution < -0.4 is 10.2 Å². The van der Waals surface area contributed by atoms with Crippen LogP contribution in [0, 0.1) is 0 Å². The summed E-state index contributed by atoms with van der Waals surface area (Å²) in [6, 6.07) is 24.0. The van der Waals surface area contributed by atoms with Crippen LogP contribution in [0.25, 0.3) is 11.1 Å². The highest BCUT2D eigenvalue weighted by atomic mass is 16.2. The molecule has 0 spiro atoms. The molecule has 3 aromatic carbocycles. The molecule has 0 atom stereocenters. The monoisotopic (exact) mass is 370 g/mol. The second-order valence-electron chi connectivity index (χ2n) is 7.05. The number of anilines is 2. The van der Waals surface area contributed by atoms with Gasteiger partial charge in [0.2, 0.25) is 11.8 Å². The first-order valence-electron chi connectivity index (χ1n) is 9.45. The lowest BCUT2D eigenvalue weighted by molar-refractivity contribution is -0.116. The van der Waals surface area contributed by atoms with Gasteiger partial charge in [0.25, 0.3) is 0 Å². The molecule has 0 aromatic heterocycles. The van der Waals surface area contributed by atoms with Gasteiger partial charge in [-0.1, -0.05) is 60.7 Å². The highest BCUT2D eigenvalue weighted by Gasteiger charge is 2.22. The molecule has 1 N–H and O–H groups in total. The molecule has 0 saturated heterocycles. The lowest BCUT2D eigenvalue weighted by Gasteiger charge is -2.16. The number of nitrogens with zero attached hydrogens (tertiary/aromatic N) is 1. The molecule has 0 bridgehead atoms. The summed E-state index contributed by atoms with van der Waals surface area (Å²) in [5.41, 5.74) is 6.02. The van der Waals surface area contributed by atoms with Gasteiger partial charge in [0.1, 0.15) is 0 Å². The van der Waals surface area contributed by atoms with Gasteiger partial charge in [0.15, 0.2) is 0 Å². The Morgan fingerprint density at radius 1 is 0.929 bits per heavy atom. The number of hydrogen-bond donors (Lipinski definition) is 1. The standard InChI is InChI=1S/C24H22N2O2/c1-17(27)26-14-13-21-11-12-22(16-23(21)26)25-24(28)15-18-7-9-20(10-8-18)19-5-3-2-4-6-19/h2-12,16H,13-15H2,1H3,(H,25,28). The van der Waals surface area contributed by atoms with E-state index in [1.54, 1.807) is 11.8 Å². The topological polar surface area (TPSA) is 49.4 Å². The van der Waals surface area contributed by atoms with Gasteiger partial charge in [-0.05, 0) is 40.8 Å². The lowest BCUT2D eigenvalue weighted by atomic mass is 10.0. The van der Waals surface area contributed by atoms with Gasteiger partial charge in [-0.3, -0.25) is 9.59 Å². The van der Waals surface area contributed by atoms with Crippen molar-refractivity contribution in [1.82, 2.24) is 0 Å². The molecule has 0 unspecified atom stereocenters. The summed E-state index contributed by atoms with van der Waals surface area (Å²) in [7, 11) is 0. The third-order valence-corrected chi connectivity index (χ3v) is 5.07. The number of nitrogens with one attached hydrogen (secondary N) is 1. The summed E-state index contributed by atoms with van der Waals surface area (Å²) in [6.07, 6.45) is 1.17. The first-order valence-corrected chi connectivity index (χ1v) is 9.45. The zero-order valence-electron chi connectivity index (χ0n) is 15.8. The molecule has 0 radical (unpaired) electrons. The Morgan fingerprint density at radius 2 is 1.64 bits per heavy atom. The van der Waals surface area contributed by atoms with Crippen molar-refractivity contribution in [2.75, 3.05) is 16.8 Å². The molecule has 4 rings (SSSR count). The van der Waals surface area contributed by atoms with Crippen molar-refractivity contribution >= 4 is 23.2 Å². The minimum atomic E-state index is -0.0696. The maximum absolute atomic E-state index is 12.5. The fourth-order valence-electron chi connectivity index (χ4n) is 3.62. The number of fused-ring (bicyclic) bond motifs is 1. The number of amides is 2. The zero-order valence-corrected chi connectivity index (χ0v) is 15.8. The zero-order chi connectivity index (χ0) is 19.5. The molecule has 4 heteroatoms. The summed E-state index contributed by atoms with van der Waals surface area (Å²) in [5.74, 6) is -0.0412. The summed E-state index contributed by atoms with van der Waals surface area (Å²) < 4.78 is 0. The number of carbonyl (C=O) groups is 2. The molecule has 1 aliphatic rings. The molecule has 3 aromatic rings. The maximum Gasteiger partial charge on any atom is 0.228 e. The molecule has 28 heavy (non-hydrogen) atoms. The first-order chi connectivity index (χ1) is 13.6. The largest absolute Gasteiger partial charge is 0.326 e. The molecule has 4 nitrogen and oxygen atoms in total. The van der Waals surface area contributed by atoms with E-state index in [-0.39, 0.29) is 11.8 Å². The number of rotatable bonds is 4. The third-order valence-electron chi connectivity index (χ3n) is 5.07. The third kappa shape index (κ3) is 3.81. The van der Waals surface area contributed by atoms with Crippen LogP contribution in [0.2, 0.25) is 0 Å². The van der Waals surface area contributed by atoms with Gasteiger partial charge in [-0.2, -0.15) is 0 Å². The highest BCUT2D eigenvalue weighted by molar-refractivity contribution is 5.97. The van der Waals surface area contributed by atoms with Crippen molar-refractivity contribution in [3.63, 3.8) is 0 Å². The van der Waals surface area contributed by atoms with Crippen LogP contribution >= 0.6 is 0 Å². The fraction of sp³-hybridized carbons (Fsp3) is 0.167. The average Bonchev–Trinajstić information content (AvgIpc) is 3.13. The van der Waals surface area contributed by atoms with Crippen LogP contribution in [-0.4, -0.2) is 18.4 Å². The Hall–Kier alpha value is -3.40. The van der Waals surface area contributed by atoms with E-state index in [1.165, 1.54) is 0 Å². The summed E-state index contributed by atoms with van der Waals surface area (Å²) >= 11 is 0. The Morgan fingerprint density at radius 3 is 2.36 bits per heavy atom.